The van der Waals surface area contributed by atoms with Crippen LogP contribution < -0.4 is 24.8 Å². The Kier molecular flexibility index (Phi) is 4.83. The van der Waals surface area contributed by atoms with Gasteiger partial charge < -0.3 is 24.8 Å². The van der Waals surface area contributed by atoms with Crippen LogP contribution in [0.1, 0.15) is 5.56 Å². The molecule has 2 N–H and O–H groups in total. The molecule has 0 unspecified atom stereocenters. The van der Waals surface area contributed by atoms with Crippen molar-refractivity contribution < 1.29 is 14.2 Å². The molecule has 0 radical (unpaired) electrons. The van der Waals surface area contributed by atoms with E-state index < -0.39 is 0 Å². The molecule has 6 heteroatoms. The summed E-state index contributed by atoms with van der Waals surface area (Å²) < 4.78 is 16.3. The zero-order valence-corrected chi connectivity index (χ0v) is 13.6. The molecule has 0 aromatic heterocycles. The monoisotopic (exact) mass is 330 g/mol. The summed E-state index contributed by atoms with van der Waals surface area (Å²) in [6.07, 6.45) is 0. The third-order valence-electron chi connectivity index (χ3n) is 3.39. The van der Waals surface area contributed by atoms with E-state index in [1.807, 2.05) is 42.5 Å². The molecule has 0 bridgehead atoms. The maximum atomic E-state index is 5.56. The Morgan fingerprint density at radius 2 is 1.96 bits per heavy atom. The number of methoxy groups -OCH3 is 1. The molecule has 1 heterocycles. The van der Waals surface area contributed by atoms with Crippen LogP contribution in [0, 0.1) is 0 Å². The van der Waals surface area contributed by atoms with Crippen LogP contribution in [0.4, 0.5) is 5.69 Å². The first-order valence-electron chi connectivity index (χ1n) is 7.32. The molecular weight excluding hydrogens is 312 g/mol. The molecule has 1 aliphatic heterocycles. The molecule has 23 heavy (non-hydrogen) atoms. The van der Waals surface area contributed by atoms with E-state index in [1.165, 1.54) is 0 Å². The van der Waals surface area contributed by atoms with Gasteiger partial charge >= 0.3 is 0 Å². The molecule has 120 valence electrons. The normalized spacial score (nSPS) is 12.4. The van der Waals surface area contributed by atoms with Crippen LogP contribution in [-0.4, -0.2) is 25.4 Å². The van der Waals surface area contributed by atoms with E-state index in [9.17, 15) is 0 Å². The van der Waals surface area contributed by atoms with Crippen LogP contribution in [0.5, 0.6) is 17.2 Å². The summed E-state index contributed by atoms with van der Waals surface area (Å²) in [5.74, 6) is 2.32. The van der Waals surface area contributed by atoms with Crippen molar-refractivity contribution >= 4 is 23.0 Å². The predicted molar refractivity (Wildman–Crippen MR) is 93.5 cm³/mol. The maximum absolute atomic E-state index is 5.56. The number of hydrogen-bond acceptors (Lipinski definition) is 4. The van der Waals surface area contributed by atoms with Crippen molar-refractivity contribution in [3.05, 3.63) is 48.0 Å². The van der Waals surface area contributed by atoms with Gasteiger partial charge in [-0.2, -0.15) is 0 Å². The Hall–Kier alpha value is -2.47. The molecule has 0 amide bonds. The molecule has 2 aromatic carbocycles. The topological polar surface area (TPSA) is 51.8 Å². The fourth-order valence-corrected chi connectivity index (χ4v) is 2.45. The zero-order chi connectivity index (χ0) is 16.1. The molecule has 5 nitrogen and oxygen atoms in total. The van der Waals surface area contributed by atoms with Crippen molar-refractivity contribution in [1.82, 2.24) is 5.32 Å². The highest BCUT2D eigenvalue weighted by molar-refractivity contribution is 7.80. The van der Waals surface area contributed by atoms with Crippen LogP contribution in [0.2, 0.25) is 0 Å². The van der Waals surface area contributed by atoms with Crippen LogP contribution >= 0.6 is 12.2 Å². The third-order valence-corrected chi connectivity index (χ3v) is 3.63. The molecule has 0 spiro atoms. The molecule has 0 saturated heterocycles. The summed E-state index contributed by atoms with van der Waals surface area (Å²) in [7, 11) is 1.65. The largest absolute Gasteiger partial charge is 0.497 e. The van der Waals surface area contributed by atoms with E-state index in [1.54, 1.807) is 7.11 Å². The summed E-state index contributed by atoms with van der Waals surface area (Å²) >= 11 is 5.33. The van der Waals surface area contributed by atoms with Crippen molar-refractivity contribution in [2.45, 2.75) is 6.54 Å². The number of thiocarbonyl (C=S) groups is 1. The molecule has 3 rings (SSSR count). The minimum Gasteiger partial charge on any atom is -0.497 e. The van der Waals surface area contributed by atoms with E-state index in [2.05, 4.69) is 10.6 Å². The first-order valence-corrected chi connectivity index (χ1v) is 7.73. The number of hydrogen-bond donors (Lipinski definition) is 2. The fourth-order valence-electron chi connectivity index (χ4n) is 2.26. The van der Waals surface area contributed by atoms with Crippen molar-refractivity contribution in [2.75, 3.05) is 25.6 Å². The molecule has 0 atom stereocenters. The second-order valence-corrected chi connectivity index (χ2v) is 5.43. The van der Waals surface area contributed by atoms with Gasteiger partial charge in [0.05, 0.1) is 7.11 Å². The number of fused-ring (bicyclic) bond motifs is 1. The summed E-state index contributed by atoms with van der Waals surface area (Å²) in [6.45, 7) is 1.77. The second kappa shape index (κ2) is 7.19. The summed E-state index contributed by atoms with van der Waals surface area (Å²) in [5, 5.41) is 6.86. The van der Waals surface area contributed by atoms with Crippen LogP contribution in [0.3, 0.4) is 0 Å². The molecule has 0 fully saturated rings. The highest BCUT2D eigenvalue weighted by Gasteiger charge is 2.12. The van der Waals surface area contributed by atoms with Crippen molar-refractivity contribution in [1.29, 1.82) is 0 Å². The first-order chi connectivity index (χ1) is 11.2. The average molecular weight is 330 g/mol. The average Bonchev–Trinajstić information content (AvgIpc) is 2.60. The van der Waals surface area contributed by atoms with E-state index in [0.29, 0.717) is 24.9 Å². The van der Waals surface area contributed by atoms with Crippen LogP contribution in [0.25, 0.3) is 0 Å². The Balaban J connectivity index is 1.56. The molecule has 0 aliphatic carbocycles. The summed E-state index contributed by atoms with van der Waals surface area (Å²) in [4.78, 5) is 0. The third kappa shape index (κ3) is 4.04. The van der Waals surface area contributed by atoms with Gasteiger partial charge in [-0.15, -0.1) is 0 Å². The van der Waals surface area contributed by atoms with Crippen molar-refractivity contribution in [3.8, 4) is 17.2 Å². The Morgan fingerprint density at radius 3 is 2.78 bits per heavy atom. The Labute approximate surface area is 140 Å². The van der Waals surface area contributed by atoms with Crippen LogP contribution in [-0.2, 0) is 6.54 Å². The van der Waals surface area contributed by atoms with Gasteiger partial charge in [0.1, 0.15) is 19.0 Å². The minimum absolute atomic E-state index is 0.546. The van der Waals surface area contributed by atoms with Gasteiger partial charge in [-0.3, -0.25) is 0 Å². The number of rotatable bonds is 4. The Morgan fingerprint density at radius 1 is 1.13 bits per heavy atom. The van der Waals surface area contributed by atoms with E-state index in [0.717, 1.165) is 28.5 Å². The van der Waals surface area contributed by atoms with Gasteiger partial charge in [0.15, 0.2) is 16.6 Å². The second-order valence-electron chi connectivity index (χ2n) is 5.02. The lowest BCUT2D eigenvalue weighted by Gasteiger charge is -2.19. The molecule has 1 aliphatic rings. The minimum atomic E-state index is 0.546. The van der Waals surface area contributed by atoms with Crippen LogP contribution in [0.15, 0.2) is 42.5 Å². The Bertz CT molecular complexity index is 706. The van der Waals surface area contributed by atoms with Gasteiger partial charge in [-0.25, -0.2) is 0 Å². The van der Waals surface area contributed by atoms with Crippen molar-refractivity contribution in [3.63, 3.8) is 0 Å². The smallest absolute Gasteiger partial charge is 0.171 e. The molecular formula is C17H18N2O3S. The quantitative estimate of drug-likeness (QED) is 0.841. The zero-order valence-electron chi connectivity index (χ0n) is 12.8. The lowest BCUT2D eigenvalue weighted by Crippen LogP contribution is -2.28. The van der Waals surface area contributed by atoms with Gasteiger partial charge in [-0.05, 0) is 42.0 Å². The van der Waals surface area contributed by atoms with E-state index in [4.69, 9.17) is 26.4 Å². The van der Waals surface area contributed by atoms with Gasteiger partial charge in [0.2, 0.25) is 0 Å². The highest BCUT2D eigenvalue weighted by atomic mass is 32.1. The highest BCUT2D eigenvalue weighted by Crippen LogP contribution is 2.32. The first kappa shape index (κ1) is 15.4. The number of benzene rings is 2. The lowest BCUT2D eigenvalue weighted by molar-refractivity contribution is 0.171. The number of ether oxygens (including phenoxy) is 3. The SMILES string of the molecule is COc1cccc(CNC(=S)Nc2ccc3c(c2)OCCO3)c1. The summed E-state index contributed by atoms with van der Waals surface area (Å²) in [6, 6.07) is 13.5. The fraction of sp³-hybridized carbons (Fsp3) is 0.235. The number of nitrogens with one attached hydrogen (secondary N) is 2. The lowest BCUT2D eigenvalue weighted by atomic mass is 10.2. The molecule has 2 aromatic rings. The predicted octanol–water partition coefficient (Wildman–Crippen LogP) is 2.95. The molecule has 0 saturated carbocycles. The van der Waals surface area contributed by atoms with E-state index in [-0.39, 0.29) is 0 Å². The van der Waals surface area contributed by atoms with E-state index >= 15 is 0 Å². The number of anilines is 1. The standard InChI is InChI=1S/C17H18N2O3S/c1-20-14-4-2-3-12(9-14)11-18-17(23)19-13-5-6-15-16(10-13)22-8-7-21-15/h2-6,9-10H,7-8,11H2,1H3,(H2,18,19,23). The maximum Gasteiger partial charge on any atom is 0.171 e. The van der Waals surface area contributed by atoms with Gasteiger partial charge in [-0.1, -0.05) is 12.1 Å². The van der Waals surface area contributed by atoms with Gasteiger partial charge in [0.25, 0.3) is 0 Å². The van der Waals surface area contributed by atoms with Gasteiger partial charge in [0, 0.05) is 18.3 Å². The summed E-state index contributed by atoms with van der Waals surface area (Å²) in [5.41, 5.74) is 1.95. The van der Waals surface area contributed by atoms with Crippen molar-refractivity contribution in [2.24, 2.45) is 0 Å².